The van der Waals surface area contributed by atoms with E-state index in [1.165, 1.54) is 67.6 Å². The minimum Gasteiger partial charge on any atom is -0.425 e. The monoisotopic (exact) mass is 611 g/mol. The van der Waals surface area contributed by atoms with Gasteiger partial charge in [0.1, 0.15) is 11.8 Å². The molecule has 0 radical (unpaired) electrons. The highest BCUT2D eigenvalue weighted by Gasteiger charge is 2.20. The van der Waals surface area contributed by atoms with Gasteiger partial charge < -0.3 is 20.7 Å². The number of esters is 1. The summed E-state index contributed by atoms with van der Waals surface area (Å²) in [5.41, 5.74) is 0.877. The van der Waals surface area contributed by atoms with Crippen LogP contribution in [0, 0.1) is 0 Å². The van der Waals surface area contributed by atoms with E-state index in [1.807, 2.05) is 0 Å². The van der Waals surface area contributed by atoms with Crippen LogP contribution in [0.4, 0.5) is 16.2 Å². The predicted octanol–water partition coefficient (Wildman–Crippen LogP) is 6.19. The van der Waals surface area contributed by atoms with Crippen molar-refractivity contribution in [2.45, 2.75) is 22.8 Å². The number of amides is 3. The molecule has 41 heavy (non-hydrogen) atoms. The second-order valence-corrected chi connectivity index (χ2v) is 11.4. The molecule has 4 rings (SSSR count). The van der Waals surface area contributed by atoms with E-state index >= 15 is 0 Å². The molecule has 0 saturated heterocycles. The highest BCUT2D eigenvalue weighted by molar-refractivity contribution is 7.91. The fourth-order valence-electron chi connectivity index (χ4n) is 3.60. The summed E-state index contributed by atoms with van der Waals surface area (Å²) in [6, 6.07) is 22.7. The summed E-state index contributed by atoms with van der Waals surface area (Å²) in [5, 5.41) is 8.09. The molecule has 12 heteroatoms. The molecule has 3 amide bonds. The summed E-state index contributed by atoms with van der Waals surface area (Å²) in [5.74, 6) is -1.04. The lowest BCUT2D eigenvalue weighted by molar-refractivity contribution is -0.136. The van der Waals surface area contributed by atoms with Crippen molar-refractivity contribution < 1.29 is 27.5 Å². The molecule has 0 aliphatic rings. The van der Waals surface area contributed by atoms with Crippen LogP contribution in [0.25, 0.3) is 0 Å². The first kappa shape index (κ1) is 29.6. The van der Waals surface area contributed by atoms with Crippen molar-refractivity contribution in [1.29, 1.82) is 0 Å². The summed E-state index contributed by atoms with van der Waals surface area (Å²) < 4.78 is 30.7. The van der Waals surface area contributed by atoms with Crippen LogP contribution in [0.2, 0.25) is 10.0 Å². The van der Waals surface area contributed by atoms with E-state index in [1.54, 1.807) is 36.4 Å². The number of nitrogens with one attached hydrogen (secondary N) is 3. The number of hydrogen-bond acceptors (Lipinski definition) is 6. The quantitative estimate of drug-likeness (QED) is 0.161. The van der Waals surface area contributed by atoms with E-state index in [2.05, 4.69) is 16.0 Å². The lowest BCUT2D eigenvalue weighted by Crippen LogP contribution is -2.42. The second kappa shape index (κ2) is 12.9. The van der Waals surface area contributed by atoms with E-state index < -0.39 is 33.8 Å². The number of urea groups is 1. The fraction of sp³-hybridized carbons (Fsp3) is 0.0690. The average molecular weight is 612 g/mol. The molecular formula is C29H23Cl2N3O6S. The SMILES string of the molecule is C[C@H](NC(=O)Nc1ccc(S(=O)(=O)c2ccccc2)cc1)C(=O)Oc1ccc(NC(=O)c2c(Cl)cccc2Cl)cc1. The van der Waals surface area contributed by atoms with Crippen LogP contribution in [0.3, 0.4) is 0 Å². The van der Waals surface area contributed by atoms with Gasteiger partial charge in [0.2, 0.25) is 9.84 Å². The number of rotatable bonds is 8. The smallest absolute Gasteiger partial charge is 0.333 e. The van der Waals surface area contributed by atoms with Gasteiger partial charge in [-0.25, -0.2) is 18.0 Å². The van der Waals surface area contributed by atoms with Crippen LogP contribution in [0.15, 0.2) is 107 Å². The van der Waals surface area contributed by atoms with E-state index in [4.69, 9.17) is 27.9 Å². The number of carbonyl (C=O) groups is 3. The molecule has 0 aliphatic carbocycles. The first-order chi connectivity index (χ1) is 19.5. The Kier molecular flexibility index (Phi) is 9.28. The maximum absolute atomic E-state index is 12.7. The van der Waals surface area contributed by atoms with Gasteiger partial charge in [0.15, 0.2) is 0 Å². The average Bonchev–Trinajstić information content (AvgIpc) is 2.94. The largest absolute Gasteiger partial charge is 0.425 e. The normalized spacial score (nSPS) is 11.7. The van der Waals surface area contributed by atoms with Crippen molar-refractivity contribution in [2.24, 2.45) is 0 Å². The summed E-state index contributed by atoms with van der Waals surface area (Å²) in [7, 11) is -3.69. The van der Waals surface area contributed by atoms with Crippen LogP contribution >= 0.6 is 23.2 Å². The fourth-order valence-corrected chi connectivity index (χ4v) is 5.45. The lowest BCUT2D eigenvalue weighted by atomic mass is 10.2. The summed E-state index contributed by atoms with van der Waals surface area (Å²) >= 11 is 12.1. The van der Waals surface area contributed by atoms with Gasteiger partial charge in [-0.15, -0.1) is 0 Å². The Labute approximate surface area is 246 Å². The van der Waals surface area contributed by atoms with Gasteiger partial charge in [0.25, 0.3) is 5.91 Å². The summed E-state index contributed by atoms with van der Waals surface area (Å²) in [6.45, 7) is 1.44. The molecule has 9 nitrogen and oxygen atoms in total. The van der Waals surface area contributed by atoms with Gasteiger partial charge in [-0.3, -0.25) is 4.79 Å². The molecule has 4 aromatic rings. The highest BCUT2D eigenvalue weighted by atomic mass is 35.5. The van der Waals surface area contributed by atoms with Gasteiger partial charge in [-0.05, 0) is 79.7 Å². The van der Waals surface area contributed by atoms with E-state index in [9.17, 15) is 22.8 Å². The van der Waals surface area contributed by atoms with Gasteiger partial charge in [0, 0.05) is 11.4 Å². The van der Waals surface area contributed by atoms with Crippen LogP contribution < -0.4 is 20.7 Å². The number of benzene rings is 4. The van der Waals surface area contributed by atoms with Gasteiger partial charge in [-0.2, -0.15) is 0 Å². The van der Waals surface area contributed by atoms with Crippen LogP contribution in [0.5, 0.6) is 5.75 Å². The predicted molar refractivity (Wildman–Crippen MR) is 156 cm³/mol. The molecule has 3 N–H and O–H groups in total. The Morgan fingerprint density at radius 1 is 0.707 bits per heavy atom. The first-order valence-corrected chi connectivity index (χ1v) is 14.3. The van der Waals surface area contributed by atoms with E-state index in [0.29, 0.717) is 11.4 Å². The molecule has 1 atom stereocenters. The minimum atomic E-state index is -3.69. The Morgan fingerprint density at radius 2 is 1.24 bits per heavy atom. The number of carbonyl (C=O) groups excluding carboxylic acids is 3. The molecule has 210 valence electrons. The van der Waals surface area contributed by atoms with Crippen molar-refractivity contribution in [1.82, 2.24) is 5.32 Å². The molecule has 0 spiro atoms. The van der Waals surface area contributed by atoms with Crippen molar-refractivity contribution >= 4 is 62.3 Å². The van der Waals surface area contributed by atoms with Crippen LogP contribution in [-0.2, 0) is 14.6 Å². The number of halogens is 2. The molecule has 0 aromatic heterocycles. The van der Waals surface area contributed by atoms with E-state index in [-0.39, 0.29) is 31.1 Å². The molecule has 0 bridgehead atoms. The topological polar surface area (TPSA) is 131 Å². The molecular weight excluding hydrogens is 589 g/mol. The lowest BCUT2D eigenvalue weighted by Gasteiger charge is -2.14. The molecule has 0 heterocycles. The molecule has 0 unspecified atom stereocenters. The van der Waals surface area contributed by atoms with Crippen molar-refractivity contribution in [2.75, 3.05) is 10.6 Å². The molecule has 4 aromatic carbocycles. The highest BCUT2D eigenvalue weighted by Crippen LogP contribution is 2.26. The van der Waals surface area contributed by atoms with Gasteiger partial charge in [-0.1, -0.05) is 47.5 Å². The number of ether oxygens (including phenoxy) is 1. The molecule has 0 fully saturated rings. The zero-order valence-electron chi connectivity index (χ0n) is 21.4. The number of hydrogen-bond donors (Lipinski definition) is 3. The van der Waals surface area contributed by atoms with E-state index in [0.717, 1.165) is 0 Å². The maximum atomic E-state index is 12.7. The van der Waals surface area contributed by atoms with Crippen molar-refractivity contribution in [3.05, 3.63) is 113 Å². The van der Waals surface area contributed by atoms with Crippen molar-refractivity contribution in [3.8, 4) is 5.75 Å². The van der Waals surface area contributed by atoms with Crippen molar-refractivity contribution in [3.63, 3.8) is 0 Å². The minimum absolute atomic E-state index is 0.0739. The zero-order chi connectivity index (χ0) is 29.6. The Hall–Kier alpha value is -4.38. The van der Waals surface area contributed by atoms with Gasteiger partial charge in [0.05, 0.1) is 25.4 Å². The van der Waals surface area contributed by atoms with Crippen LogP contribution in [0.1, 0.15) is 17.3 Å². The number of sulfone groups is 1. The third-order valence-corrected chi connectivity index (χ3v) is 8.11. The Morgan fingerprint density at radius 3 is 1.85 bits per heavy atom. The first-order valence-electron chi connectivity index (χ1n) is 12.1. The summed E-state index contributed by atoms with van der Waals surface area (Å²) in [6.07, 6.45) is 0. The van der Waals surface area contributed by atoms with Crippen LogP contribution in [-0.4, -0.2) is 32.4 Å². The molecule has 0 aliphatic heterocycles. The number of anilines is 2. The summed E-state index contributed by atoms with van der Waals surface area (Å²) in [4.78, 5) is 37.6. The Balaban J connectivity index is 1.29. The third-order valence-electron chi connectivity index (χ3n) is 5.70. The van der Waals surface area contributed by atoms with Gasteiger partial charge >= 0.3 is 12.0 Å². The zero-order valence-corrected chi connectivity index (χ0v) is 23.8. The third kappa shape index (κ3) is 7.43. The standard InChI is InChI=1S/C29H23Cl2N3O6S/c1-18(32-29(37)34-20-12-16-23(17-13-20)41(38,39)22-6-3-2-4-7-22)28(36)40-21-14-10-19(11-15-21)33-27(35)26-24(30)8-5-9-25(26)31/h2-18H,1H3,(H,33,35)(H2,32,34,37)/t18-/m0/s1. The Bertz CT molecular complexity index is 1660. The molecule has 0 saturated carbocycles. The second-order valence-electron chi connectivity index (χ2n) is 8.66. The maximum Gasteiger partial charge on any atom is 0.333 e.